The molecule has 0 amide bonds. The summed E-state index contributed by atoms with van der Waals surface area (Å²) < 4.78 is 9.63. The van der Waals surface area contributed by atoms with Crippen molar-refractivity contribution in [2.75, 3.05) is 4.90 Å². The summed E-state index contributed by atoms with van der Waals surface area (Å²) in [6, 6.07) is 85.3. The first-order valence-electron chi connectivity index (χ1n) is 21.4. The summed E-state index contributed by atoms with van der Waals surface area (Å²) in [5.74, 6) is 0. The van der Waals surface area contributed by atoms with Crippen LogP contribution in [0, 0.1) is 0 Å². The molecule has 2 nitrogen and oxygen atoms in total. The fraction of sp³-hybridized carbons (Fsp3) is 0. The number of hydrogen-bond donors (Lipinski definition) is 0. The summed E-state index contributed by atoms with van der Waals surface area (Å²) in [6.45, 7) is 0. The normalized spacial score (nSPS) is 11.5. The van der Waals surface area contributed by atoms with Gasteiger partial charge in [-0.25, -0.2) is 0 Å². The van der Waals surface area contributed by atoms with Crippen molar-refractivity contribution in [1.82, 2.24) is 0 Å². The molecule has 0 aliphatic heterocycles. The molecule has 296 valence electrons. The van der Waals surface area contributed by atoms with E-state index in [0.717, 1.165) is 72.4 Å². The number of rotatable bonds is 8. The van der Waals surface area contributed by atoms with Crippen molar-refractivity contribution in [3.63, 3.8) is 0 Å². The van der Waals surface area contributed by atoms with E-state index in [1.54, 1.807) is 0 Å². The maximum atomic E-state index is 7.09. The van der Waals surface area contributed by atoms with Crippen LogP contribution in [0.15, 0.2) is 241 Å². The van der Waals surface area contributed by atoms with Crippen LogP contribution in [-0.2, 0) is 0 Å². The number of thiophene rings is 1. The third-order valence-electron chi connectivity index (χ3n) is 12.3. The van der Waals surface area contributed by atoms with Crippen LogP contribution in [0.3, 0.4) is 0 Å². The topological polar surface area (TPSA) is 16.4 Å². The predicted molar refractivity (Wildman–Crippen MR) is 268 cm³/mol. The van der Waals surface area contributed by atoms with E-state index in [0.29, 0.717) is 0 Å². The quantitative estimate of drug-likeness (QED) is 0.152. The van der Waals surface area contributed by atoms with Crippen molar-refractivity contribution in [3.05, 3.63) is 237 Å². The van der Waals surface area contributed by atoms with Crippen molar-refractivity contribution in [2.45, 2.75) is 0 Å². The lowest BCUT2D eigenvalue weighted by molar-refractivity contribution is 0.670. The Labute approximate surface area is 370 Å². The minimum absolute atomic E-state index is 0.854. The van der Waals surface area contributed by atoms with Gasteiger partial charge in [0.15, 0.2) is 0 Å². The Kier molecular flexibility index (Phi) is 9.06. The summed E-state index contributed by atoms with van der Waals surface area (Å²) in [4.78, 5) is 2.47. The molecule has 0 N–H and O–H groups in total. The van der Waals surface area contributed by atoms with Crippen LogP contribution in [0.1, 0.15) is 0 Å². The second-order valence-corrected chi connectivity index (χ2v) is 17.1. The first-order chi connectivity index (χ1) is 31.2. The highest BCUT2D eigenvalue weighted by Gasteiger charge is 2.25. The summed E-state index contributed by atoms with van der Waals surface area (Å²) in [7, 11) is 0. The lowest BCUT2D eigenvalue weighted by Crippen LogP contribution is -2.12. The van der Waals surface area contributed by atoms with Crippen molar-refractivity contribution in [3.8, 4) is 55.6 Å². The molecule has 0 fully saturated rings. The van der Waals surface area contributed by atoms with Crippen LogP contribution in [0.25, 0.3) is 97.7 Å². The molecule has 0 saturated heterocycles. The summed E-state index contributed by atoms with van der Waals surface area (Å²) in [5, 5.41) is 4.63. The van der Waals surface area contributed by atoms with E-state index < -0.39 is 0 Å². The SMILES string of the molecule is c1ccc(-c2ccc(N(c3ccc4sc5cc(-c6ccccc6)ccc5c4c3)c3ccc(-c4ccccc4)c4oc5cc(-c6ccccc6)ccc5c34)c(-c3ccccc3)c2)cc1. The Balaban J connectivity index is 1.14. The Hall–Kier alpha value is -7.98. The van der Waals surface area contributed by atoms with Gasteiger partial charge < -0.3 is 9.32 Å². The molecule has 0 aliphatic rings. The summed E-state index contributed by atoms with van der Waals surface area (Å²) >= 11 is 1.85. The highest BCUT2D eigenvalue weighted by Crippen LogP contribution is 2.50. The van der Waals surface area contributed by atoms with Crippen LogP contribution in [0.4, 0.5) is 17.1 Å². The molecule has 0 aliphatic carbocycles. The number of nitrogens with zero attached hydrogens (tertiary/aromatic N) is 1. The average Bonchev–Trinajstić information content (AvgIpc) is 3.93. The molecule has 0 bridgehead atoms. The number of fused-ring (bicyclic) bond motifs is 6. The van der Waals surface area contributed by atoms with E-state index >= 15 is 0 Å². The smallest absolute Gasteiger partial charge is 0.145 e. The van der Waals surface area contributed by atoms with Gasteiger partial charge in [-0.1, -0.05) is 176 Å². The Morgan fingerprint density at radius 1 is 0.317 bits per heavy atom. The van der Waals surface area contributed by atoms with Gasteiger partial charge in [0.2, 0.25) is 0 Å². The Bertz CT molecular complexity index is 3600. The van der Waals surface area contributed by atoms with E-state index in [1.807, 2.05) is 11.3 Å². The van der Waals surface area contributed by atoms with Gasteiger partial charge in [-0.2, -0.15) is 0 Å². The molecule has 2 aromatic heterocycles. The summed E-state index contributed by atoms with van der Waals surface area (Å²) in [5.41, 5.74) is 16.4. The van der Waals surface area contributed by atoms with E-state index in [1.165, 1.54) is 42.4 Å². The van der Waals surface area contributed by atoms with Gasteiger partial charge in [0.05, 0.1) is 16.8 Å². The molecule has 0 saturated carbocycles. The molecule has 10 aromatic carbocycles. The van der Waals surface area contributed by atoms with E-state index in [2.05, 4.69) is 241 Å². The Morgan fingerprint density at radius 3 is 1.44 bits per heavy atom. The van der Waals surface area contributed by atoms with Crippen molar-refractivity contribution in [2.24, 2.45) is 0 Å². The molecule has 3 heteroatoms. The lowest BCUT2D eigenvalue weighted by Gasteiger charge is -2.29. The van der Waals surface area contributed by atoms with Crippen molar-refractivity contribution in [1.29, 1.82) is 0 Å². The van der Waals surface area contributed by atoms with E-state index in [-0.39, 0.29) is 0 Å². The van der Waals surface area contributed by atoms with E-state index in [9.17, 15) is 0 Å². The van der Waals surface area contributed by atoms with Crippen LogP contribution in [-0.4, -0.2) is 0 Å². The van der Waals surface area contributed by atoms with Gasteiger partial charge in [-0.15, -0.1) is 11.3 Å². The predicted octanol–water partition coefficient (Wildman–Crippen LogP) is 17.8. The molecule has 2 heterocycles. The van der Waals surface area contributed by atoms with Crippen LogP contribution in [0.2, 0.25) is 0 Å². The molecule has 0 atom stereocenters. The minimum Gasteiger partial charge on any atom is -0.455 e. The number of anilines is 3. The zero-order chi connectivity index (χ0) is 41.7. The van der Waals surface area contributed by atoms with Gasteiger partial charge in [0.25, 0.3) is 0 Å². The van der Waals surface area contributed by atoms with Gasteiger partial charge >= 0.3 is 0 Å². The van der Waals surface area contributed by atoms with Gasteiger partial charge in [-0.3, -0.25) is 0 Å². The average molecular weight is 822 g/mol. The molecular formula is C60H39NOS. The fourth-order valence-corrected chi connectivity index (χ4v) is 10.3. The number of benzene rings is 10. The van der Waals surface area contributed by atoms with E-state index in [4.69, 9.17) is 4.42 Å². The molecule has 0 unspecified atom stereocenters. The van der Waals surface area contributed by atoms with Crippen molar-refractivity contribution < 1.29 is 4.42 Å². The first kappa shape index (κ1) is 36.8. The second kappa shape index (κ2) is 15.5. The molecule has 12 rings (SSSR count). The van der Waals surface area contributed by atoms with Gasteiger partial charge in [0, 0.05) is 42.4 Å². The third kappa shape index (κ3) is 6.58. The van der Waals surface area contributed by atoms with Crippen LogP contribution < -0.4 is 4.90 Å². The zero-order valence-electron chi connectivity index (χ0n) is 34.3. The molecular weight excluding hydrogens is 783 g/mol. The zero-order valence-corrected chi connectivity index (χ0v) is 35.1. The van der Waals surface area contributed by atoms with Gasteiger partial charge in [-0.05, 0) is 105 Å². The summed E-state index contributed by atoms with van der Waals surface area (Å²) in [6.07, 6.45) is 0. The monoisotopic (exact) mass is 821 g/mol. The second-order valence-electron chi connectivity index (χ2n) is 16.0. The number of furan rings is 1. The van der Waals surface area contributed by atoms with Gasteiger partial charge in [0.1, 0.15) is 11.2 Å². The molecule has 0 radical (unpaired) electrons. The minimum atomic E-state index is 0.854. The lowest BCUT2D eigenvalue weighted by atomic mass is 9.95. The highest BCUT2D eigenvalue weighted by atomic mass is 32.1. The third-order valence-corrected chi connectivity index (χ3v) is 13.4. The Morgan fingerprint density at radius 2 is 0.825 bits per heavy atom. The fourth-order valence-electron chi connectivity index (χ4n) is 9.22. The van der Waals surface area contributed by atoms with Crippen LogP contribution >= 0.6 is 11.3 Å². The highest BCUT2D eigenvalue weighted by molar-refractivity contribution is 7.25. The molecule has 0 spiro atoms. The van der Waals surface area contributed by atoms with Crippen LogP contribution in [0.5, 0.6) is 0 Å². The largest absolute Gasteiger partial charge is 0.455 e. The maximum absolute atomic E-state index is 7.09. The van der Waals surface area contributed by atoms with Crippen molar-refractivity contribution >= 4 is 70.5 Å². The standard InChI is InChI=1S/C60H39NOS/c1-6-16-40(17-7-1)45-28-33-54(52(36-45)44-24-14-5-15-25-44)61(48-29-35-57-53(39-48)50-30-26-47(38-58(50)63-57)42-20-10-3-11-21-42)55-34-32-49(43-22-12-4-13-23-43)60-59(55)51-31-27-46(37-56(51)62-60)41-18-8-2-9-19-41/h1-39H. The molecule has 12 aromatic rings. The number of hydrogen-bond acceptors (Lipinski definition) is 3. The maximum Gasteiger partial charge on any atom is 0.145 e. The first-order valence-corrected chi connectivity index (χ1v) is 22.2. The molecule has 63 heavy (non-hydrogen) atoms.